The zero-order valence-electron chi connectivity index (χ0n) is 14.4. The van der Waals surface area contributed by atoms with E-state index in [0.29, 0.717) is 0 Å². The fourth-order valence-electron chi connectivity index (χ4n) is 3.79. The Morgan fingerprint density at radius 1 is 0.920 bits per heavy atom. The van der Waals surface area contributed by atoms with Gasteiger partial charge < -0.3 is 10.2 Å². The van der Waals surface area contributed by atoms with Crippen molar-refractivity contribution in [3.8, 4) is 0 Å². The highest BCUT2D eigenvalue weighted by Crippen LogP contribution is 2.32. The second-order valence-corrected chi connectivity index (χ2v) is 6.59. The fourth-order valence-corrected chi connectivity index (χ4v) is 3.79. The first-order chi connectivity index (χ1) is 12.3. The minimum Gasteiger partial charge on any atom is -0.359 e. The Hall–Kier alpha value is -2.65. The van der Waals surface area contributed by atoms with Crippen LogP contribution in [0.25, 0.3) is 10.8 Å². The van der Waals surface area contributed by atoms with Crippen LogP contribution in [0.4, 0.5) is 5.69 Å². The number of anilines is 1. The molecule has 0 radical (unpaired) electrons. The molecule has 1 unspecified atom stereocenters. The molecule has 0 spiro atoms. The molecule has 1 saturated heterocycles. The SMILES string of the molecule is Cc1ccc(C2CNCCN2c2cccccc2=O)c2ccccc12. The summed E-state index contributed by atoms with van der Waals surface area (Å²) < 4.78 is 0. The lowest BCUT2D eigenvalue weighted by molar-refractivity contribution is 0.491. The van der Waals surface area contributed by atoms with Crippen LogP contribution in [0.15, 0.2) is 71.5 Å². The van der Waals surface area contributed by atoms with Crippen molar-refractivity contribution in [2.24, 2.45) is 0 Å². The number of benzene rings is 2. The molecule has 1 aliphatic rings. The van der Waals surface area contributed by atoms with Crippen LogP contribution in [0, 0.1) is 6.92 Å². The molecule has 3 nitrogen and oxygen atoms in total. The molecule has 0 aromatic heterocycles. The molecule has 3 aromatic carbocycles. The van der Waals surface area contributed by atoms with Gasteiger partial charge in [0.25, 0.3) is 0 Å². The summed E-state index contributed by atoms with van der Waals surface area (Å²) in [6, 6.07) is 22.4. The van der Waals surface area contributed by atoms with Gasteiger partial charge in [-0.3, -0.25) is 4.79 Å². The maximum absolute atomic E-state index is 12.6. The van der Waals surface area contributed by atoms with Gasteiger partial charge in [-0.25, -0.2) is 0 Å². The van der Waals surface area contributed by atoms with Gasteiger partial charge in [0.15, 0.2) is 0 Å². The number of aryl methyl sites for hydroxylation is 1. The molecule has 4 rings (SSSR count). The van der Waals surface area contributed by atoms with Crippen molar-refractivity contribution in [3.63, 3.8) is 0 Å². The average Bonchev–Trinajstić information content (AvgIpc) is 2.87. The molecule has 1 N–H and O–H groups in total. The average molecular weight is 330 g/mol. The zero-order chi connectivity index (χ0) is 17.2. The molecule has 3 heteroatoms. The van der Waals surface area contributed by atoms with Crippen LogP contribution in [0.1, 0.15) is 17.2 Å². The van der Waals surface area contributed by atoms with Crippen molar-refractivity contribution >= 4 is 16.5 Å². The molecule has 0 amide bonds. The van der Waals surface area contributed by atoms with Crippen LogP contribution in [-0.2, 0) is 0 Å². The smallest absolute Gasteiger partial charge is 0.201 e. The third-order valence-corrected chi connectivity index (χ3v) is 5.06. The van der Waals surface area contributed by atoms with Crippen LogP contribution in [0.5, 0.6) is 0 Å². The van der Waals surface area contributed by atoms with Gasteiger partial charge in [0, 0.05) is 19.6 Å². The Bertz CT molecular complexity index is 967. The molecule has 0 bridgehead atoms. The summed E-state index contributed by atoms with van der Waals surface area (Å²) in [4.78, 5) is 14.8. The summed E-state index contributed by atoms with van der Waals surface area (Å²) in [6.07, 6.45) is 0. The Labute approximate surface area is 147 Å². The van der Waals surface area contributed by atoms with Gasteiger partial charge in [-0.2, -0.15) is 0 Å². The second-order valence-electron chi connectivity index (χ2n) is 6.59. The molecule has 0 aliphatic carbocycles. The number of rotatable bonds is 2. The van der Waals surface area contributed by atoms with E-state index in [-0.39, 0.29) is 11.5 Å². The number of piperazine rings is 1. The van der Waals surface area contributed by atoms with Gasteiger partial charge in [0.2, 0.25) is 5.43 Å². The number of nitrogens with one attached hydrogen (secondary N) is 1. The molecule has 3 aromatic rings. The van der Waals surface area contributed by atoms with Crippen molar-refractivity contribution in [1.29, 1.82) is 0 Å². The molecule has 25 heavy (non-hydrogen) atoms. The normalized spacial score (nSPS) is 17.6. The highest BCUT2D eigenvalue weighted by molar-refractivity contribution is 5.89. The van der Waals surface area contributed by atoms with Crippen molar-refractivity contribution in [2.45, 2.75) is 13.0 Å². The van der Waals surface area contributed by atoms with Crippen LogP contribution < -0.4 is 15.6 Å². The largest absolute Gasteiger partial charge is 0.359 e. The molecule has 0 saturated carbocycles. The quantitative estimate of drug-likeness (QED) is 0.778. The maximum Gasteiger partial charge on any atom is 0.201 e. The predicted octanol–water partition coefficient (Wildman–Crippen LogP) is 3.66. The van der Waals surface area contributed by atoms with E-state index >= 15 is 0 Å². The summed E-state index contributed by atoms with van der Waals surface area (Å²) in [5.41, 5.74) is 3.42. The minimum atomic E-state index is 0.0771. The lowest BCUT2D eigenvalue weighted by atomic mass is 9.93. The van der Waals surface area contributed by atoms with E-state index in [9.17, 15) is 4.79 Å². The summed E-state index contributed by atoms with van der Waals surface area (Å²) in [5, 5.41) is 6.05. The van der Waals surface area contributed by atoms with Crippen LogP contribution in [0.3, 0.4) is 0 Å². The number of hydrogen-bond donors (Lipinski definition) is 1. The fraction of sp³-hybridized carbons (Fsp3) is 0.227. The lowest BCUT2D eigenvalue weighted by Gasteiger charge is -2.38. The van der Waals surface area contributed by atoms with Crippen LogP contribution in [-0.4, -0.2) is 19.6 Å². The highest BCUT2D eigenvalue weighted by atomic mass is 16.1. The molecule has 1 fully saturated rings. The van der Waals surface area contributed by atoms with Crippen LogP contribution >= 0.6 is 0 Å². The standard InChI is InChI=1S/C22H22N2O/c1-16-11-12-19(18-8-6-5-7-17(16)18)21-15-23-13-14-24(21)20-9-3-2-4-10-22(20)25/h2-12,21,23H,13-15H2,1H3. The van der Waals surface area contributed by atoms with E-state index in [4.69, 9.17) is 0 Å². The topological polar surface area (TPSA) is 32.3 Å². The maximum atomic E-state index is 12.6. The van der Waals surface area contributed by atoms with Crippen molar-refractivity contribution in [2.75, 3.05) is 24.5 Å². The Morgan fingerprint density at radius 2 is 1.68 bits per heavy atom. The molecule has 1 heterocycles. The first kappa shape index (κ1) is 15.9. The monoisotopic (exact) mass is 330 g/mol. The molecule has 126 valence electrons. The van der Waals surface area contributed by atoms with E-state index in [1.54, 1.807) is 6.07 Å². The molecule has 1 atom stereocenters. The minimum absolute atomic E-state index is 0.0771. The molecule has 1 aliphatic heterocycles. The Kier molecular flexibility index (Phi) is 4.24. The van der Waals surface area contributed by atoms with Gasteiger partial charge in [0.05, 0.1) is 11.7 Å². The lowest BCUT2D eigenvalue weighted by Crippen LogP contribution is -2.47. The van der Waals surface area contributed by atoms with Crippen molar-refractivity contribution in [3.05, 3.63) is 88.1 Å². The first-order valence-electron chi connectivity index (χ1n) is 8.80. The van der Waals surface area contributed by atoms with E-state index < -0.39 is 0 Å². The van der Waals surface area contributed by atoms with Gasteiger partial charge in [-0.15, -0.1) is 0 Å². The summed E-state index contributed by atoms with van der Waals surface area (Å²) in [6.45, 7) is 4.70. The highest BCUT2D eigenvalue weighted by Gasteiger charge is 2.26. The number of nitrogens with zero attached hydrogens (tertiary/aromatic N) is 1. The van der Waals surface area contributed by atoms with Crippen molar-refractivity contribution < 1.29 is 0 Å². The third-order valence-electron chi connectivity index (χ3n) is 5.06. The molecular formula is C22H22N2O. The number of fused-ring (bicyclic) bond motifs is 1. The summed E-state index contributed by atoms with van der Waals surface area (Å²) in [7, 11) is 0. The van der Waals surface area contributed by atoms with E-state index in [2.05, 4.69) is 53.5 Å². The number of hydrogen-bond acceptors (Lipinski definition) is 3. The molecular weight excluding hydrogens is 308 g/mol. The van der Waals surface area contributed by atoms with Gasteiger partial charge in [-0.1, -0.05) is 54.6 Å². The van der Waals surface area contributed by atoms with Gasteiger partial charge in [0.1, 0.15) is 0 Å². The van der Waals surface area contributed by atoms with E-state index in [1.807, 2.05) is 24.3 Å². The van der Waals surface area contributed by atoms with Crippen LogP contribution in [0.2, 0.25) is 0 Å². The van der Waals surface area contributed by atoms with Gasteiger partial charge in [-0.05, 0) is 41.0 Å². The van der Waals surface area contributed by atoms with E-state index in [1.165, 1.54) is 21.9 Å². The third kappa shape index (κ3) is 2.92. The summed E-state index contributed by atoms with van der Waals surface area (Å²) in [5.74, 6) is 0. The second kappa shape index (κ2) is 6.69. The first-order valence-corrected chi connectivity index (χ1v) is 8.80. The summed E-state index contributed by atoms with van der Waals surface area (Å²) >= 11 is 0. The zero-order valence-corrected chi connectivity index (χ0v) is 14.4. The van der Waals surface area contributed by atoms with Gasteiger partial charge >= 0.3 is 0 Å². The Morgan fingerprint density at radius 3 is 2.56 bits per heavy atom. The van der Waals surface area contributed by atoms with Crippen molar-refractivity contribution in [1.82, 2.24) is 5.32 Å². The predicted molar refractivity (Wildman–Crippen MR) is 104 cm³/mol. The Balaban J connectivity index is 1.87. The van der Waals surface area contributed by atoms with E-state index in [0.717, 1.165) is 25.3 Å².